The van der Waals surface area contributed by atoms with Gasteiger partial charge in [0.1, 0.15) is 0 Å². The number of benzene rings is 1. The number of morpholine rings is 1. The van der Waals surface area contributed by atoms with Crippen molar-refractivity contribution in [2.75, 3.05) is 64.4 Å². The summed E-state index contributed by atoms with van der Waals surface area (Å²) in [5.74, 6) is 0.981. The molecule has 1 aromatic rings. The smallest absolute Gasteiger partial charge is 0.193 e. The first-order valence-electron chi connectivity index (χ1n) is 10.5. The van der Waals surface area contributed by atoms with Crippen LogP contribution < -0.4 is 10.2 Å². The number of ether oxygens (including phenoxy) is 1. The molecule has 3 aliphatic heterocycles. The Balaban J connectivity index is 0.00000240. The molecule has 6 nitrogen and oxygen atoms in total. The van der Waals surface area contributed by atoms with Crippen molar-refractivity contribution in [1.82, 2.24) is 15.1 Å². The number of aryl methyl sites for hydroxylation is 1. The molecule has 162 valence electrons. The van der Waals surface area contributed by atoms with Crippen LogP contribution in [0.4, 0.5) is 5.69 Å². The molecule has 0 radical (unpaired) electrons. The highest BCUT2D eigenvalue weighted by molar-refractivity contribution is 14.0. The standard InChI is InChI=1S/C21H32ClN5O.HI/c1-16-5-6-17(22)12-20(16)25-8-10-26(11-9-25)21(23-2)24-13-19-14-27-7-3-4-18(27)15-28-19;/h5-6,12,18-19H,3-4,7-11,13-15H2,1-2H3,(H,23,24);1H. The summed E-state index contributed by atoms with van der Waals surface area (Å²) in [4.78, 5) is 11.9. The number of aliphatic imine (C=N–C) groups is 1. The van der Waals surface area contributed by atoms with Gasteiger partial charge in [-0.15, -0.1) is 24.0 Å². The van der Waals surface area contributed by atoms with E-state index in [4.69, 9.17) is 16.3 Å². The maximum atomic E-state index is 6.20. The molecule has 3 saturated heterocycles. The molecule has 1 N–H and O–H groups in total. The van der Waals surface area contributed by atoms with E-state index in [-0.39, 0.29) is 30.1 Å². The van der Waals surface area contributed by atoms with Gasteiger partial charge in [-0.1, -0.05) is 17.7 Å². The van der Waals surface area contributed by atoms with Crippen LogP contribution in [0.5, 0.6) is 0 Å². The van der Waals surface area contributed by atoms with Gasteiger partial charge in [-0.2, -0.15) is 0 Å². The average Bonchev–Trinajstić information content (AvgIpc) is 3.19. The number of guanidine groups is 1. The zero-order valence-electron chi connectivity index (χ0n) is 17.4. The molecule has 8 heteroatoms. The van der Waals surface area contributed by atoms with Gasteiger partial charge >= 0.3 is 0 Å². The maximum absolute atomic E-state index is 6.20. The number of nitrogens with zero attached hydrogens (tertiary/aromatic N) is 4. The van der Waals surface area contributed by atoms with Crippen LogP contribution in [0, 0.1) is 6.92 Å². The molecule has 29 heavy (non-hydrogen) atoms. The third kappa shape index (κ3) is 5.48. The predicted molar refractivity (Wildman–Crippen MR) is 131 cm³/mol. The largest absolute Gasteiger partial charge is 0.373 e. The lowest BCUT2D eigenvalue weighted by Crippen LogP contribution is -2.55. The van der Waals surface area contributed by atoms with Gasteiger partial charge in [0.15, 0.2) is 5.96 Å². The predicted octanol–water partition coefficient (Wildman–Crippen LogP) is 2.83. The Hall–Kier alpha value is -0.770. The second kappa shape index (κ2) is 10.5. The molecule has 4 rings (SSSR count). The first-order valence-corrected chi connectivity index (χ1v) is 10.8. The number of piperazine rings is 1. The van der Waals surface area contributed by atoms with Crippen LogP contribution in [0.1, 0.15) is 18.4 Å². The summed E-state index contributed by atoms with van der Waals surface area (Å²) in [5.41, 5.74) is 2.51. The van der Waals surface area contributed by atoms with Crippen molar-refractivity contribution in [2.45, 2.75) is 31.9 Å². The van der Waals surface area contributed by atoms with Crippen LogP contribution in [0.3, 0.4) is 0 Å². The van der Waals surface area contributed by atoms with E-state index < -0.39 is 0 Å². The fraction of sp³-hybridized carbons (Fsp3) is 0.667. The second-order valence-electron chi connectivity index (χ2n) is 8.08. The normalized spacial score (nSPS) is 25.6. The summed E-state index contributed by atoms with van der Waals surface area (Å²) in [7, 11) is 1.87. The van der Waals surface area contributed by atoms with Gasteiger partial charge < -0.3 is 19.9 Å². The third-order valence-corrected chi connectivity index (χ3v) is 6.49. The molecule has 0 aromatic heterocycles. The molecule has 2 atom stereocenters. The highest BCUT2D eigenvalue weighted by Crippen LogP contribution is 2.25. The van der Waals surface area contributed by atoms with E-state index in [2.05, 4.69) is 44.1 Å². The molecule has 3 fully saturated rings. The Morgan fingerprint density at radius 3 is 2.79 bits per heavy atom. The van der Waals surface area contributed by atoms with Crippen LogP contribution in [0.15, 0.2) is 23.2 Å². The van der Waals surface area contributed by atoms with Crippen LogP contribution >= 0.6 is 35.6 Å². The number of hydrogen-bond acceptors (Lipinski definition) is 4. The molecule has 0 saturated carbocycles. The van der Waals surface area contributed by atoms with E-state index in [0.29, 0.717) is 6.04 Å². The summed E-state index contributed by atoms with van der Waals surface area (Å²) in [6, 6.07) is 6.78. The number of nitrogens with one attached hydrogen (secondary N) is 1. The van der Waals surface area contributed by atoms with E-state index in [9.17, 15) is 0 Å². The molecular formula is C21H33ClIN5O. The third-order valence-electron chi connectivity index (χ3n) is 6.25. The molecule has 1 aromatic carbocycles. The summed E-state index contributed by atoms with van der Waals surface area (Å²) >= 11 is 6.20. The topological polar surface area (TPSA) is 43.3 Å². The molecule has 0 aliphatic carbocycles. The molecule has 3 aliphatic rings. The molecule has 0 bridgehead atoms. The van der Waals surface area contributed by atoms with Crippen molar-refractivity contribution in [2.24, 2.45) is 4.99 Å². The van der Waals surface area contributed by atoms with E-state index in [1.54, 1.807) is 0 Å². The lowest BCUT2D eigenvalue weighted by molar-refractivity contribution is -0.0454. The van der Waals surface area contributed by atoms with Crippen LogP contribution in [-0.4, -0.2) is 87.4 Å². The van der Waals surface area contributed by atoms with Crippen molar-refractivity contribution < 1.29 is 4.74 Å². The van der Waals surface area contributed by atoms with Crippen molar-refractivity contribution in [3.8, 4) is 0 Å². The molecular weight excluding hydrogens is 501 g/mol. The highest BCUT2D eigenvalue weighted by atomic mass is 127. The minimum absolute atomic E-state index is 0. The fourth-order valence-electron chi connectivity index (χ4n) is 4.63. The van der Waals surface area contributed by atoms with Crippen LogP contribution in [-0.2, 0) is 4.74 Å². The minimum Gasteiger partial charge on any atom is -0.373 e. The zero-order chi connectivity index (χ0) is 19.5. The number of rotatable bonds is 3. The number of fused-ring (bicyclic) bond motifs is 1. The van der Waals surface area contributed by atoms with E-state index in [1.807, 2.05) is 13.1 Å². The van der Waals surface area contributed by atoms with Crippen molar-refractivity contribution in [3.05, 3.63) is 28.8 Å². The highest BCUT2D eigenvalue weighted by Gasteiger charge is 2.32. The van der Waals surface area contributed by atoms with Crippen LogP contribution in [0.2, 0.25) is 5.02 Å². The van der Waals surface area contributed by atoms with Crippen molar-refractivity contribution in [3.63, 3.8) is 0 Å². The zero-order valence-corrected chi connectivity index (χ0v) is 20.5. The molecule has 0 amide bonds. The van der Waals surface area contributed by atoms with Crippen molar-refractivity contribution in [1.29, 1.82) is 0 Å². The van der Waals surface area contributed by atoms with E-state index >= 15 is 0 Å². The summed E-state index contributed by atoms with van der Waals surface area (Å²) in [5, 5.41) is 4.35. The summed E-state index contributed by atoms with van der Waals surface area (Å²) < 4.78 is 6.07. The molecule has 2 unspecified atom stereocenters. The van der Waals surface area contributed by atoms with E-state index in [0.717, 1.165) is 56.9 Å². The average molecular weight is 534 g/mol. The Kier molecular flexibility index (Phi) is 8.30. The lowest BCUT2D eigenvalue weighted by atomic mass is 10.1. The minimum atomic E-state index is 0. The Bertz CT molecular complexity index is 710. The SMILES string of the molecule is CN=C(NCC1CN2CCCC2CO1)N1CCN(c2cc(Cl)ccc2C)CC1.I. The Morgan fingerprint density at radius 2 is 2.03 bits per heavy atom. The molecule has 0 spiro atoms. The van der Waals surface area contributed by atoms with Gasteiger partial charge in [0.2, 0.25) is 0 Å². The fourth-order valence-corrected chi connectivity index (χ4v) is 4.80. The Morgan fingerprint density at radius 1 is 1.24 bits per heavy atom. The summed E-state index contributed by atoms with van der Waals surface area (Å²) in [6.45, 7) is 9.95. The van der Waals surface area contributed by atoms with Gasteiger partial charge in [-0.05, 0) is 44.0 Å². The van der Waals surface area contributed by atoms with Gasteiger partial charge in [-0.25, -0.2) is 0 Å². The van der Waals surface area contributed by atoms with Crippen LogP contribution in [0.25, 0.3) is 0 Å². The first-order chi connectivity index (χ1) is 13.6. The van der Waals surface area contributed by atoms with Crippen molar-refractivity contribution >= 4 is 47.2 Å². The van der Waals surface area contributed by atoms with Gasteiger partial charge in [0, 0.05) is 63.1 Å². The first kappa shape index (κ1) is 22.9. The van der Waals surface area contributed by atoms with Gasteiger partial charge in [0.05, 0.1) is 12.7 Å². The van der Waals surface area contributed by atoms with E-state index in [1.165, 1.54) is 30.6 Å². The maximum Gasteiger partial charge on any atom is 0.193 e. The van der Waals surface area contributed by atoms with Gasteiger partial charge in [0.25, 0.3) is 0 Å². The lowest BCUT2D eigenvalue weighted by Gasteiger charge is -2.39. The summed E-state index contributed by atoms with van der Waals surface area (Å²) in [6.07, 6.45) is 2.85. The Labute approximate surface area is 196 Å². The molecule has 3 heterocycles. The van der Waals surface area contributed by atoms with Gasteiger partial charge in [-0.3, -0.25) is 9.89 Å². The second-order valence-corrected chi connectivity index (χ2v) is 8.52. The number of halogens is 2. The number of hydrogen-bond donors (Lipinski definition) is 1. The monoisotopic (exact) mass is 533 g/mol. The number of anilines is 1. The quantitative estimate of drug-likeness (QED) is 0.368.